The van der Waals surface area contributed by atoms with Crippen LogP contribution < -0.4 is 5.32 Å². The van der Waals surface area contributed by atoms with E-state index >= 15 is 0 Å². The van der Waals surface area contributed by atoms with Crippen LogP contribution >= 0.6 is 0 Å². The van der Waals surface area contributed by atoms with E-state index in [4.69, 9.17) is 6.42 Å². The minimum absolute atomic E-state index is 0.0390. The molecule has 2 amide bonds. The summed E-state index contributed by atoms with van der Waals surface area (Å²) < 4.78 is 0. The number of terminal acetylenes is 1. The van der Waals surface area contributed by atoms with Crippen molar-refractivity contribution in [2.75, 3.05) is 6.54 Å². The number of piperazine rings is 1. The van der Waals surface area contributed by atoms with Crippen molar-refractivity contribution in [1.29, 1.82) is 0 Å². The van der Waals surface area contributed by atoms with Crippen molar-refractivity contribution >= 4 is 11.8 Å². The molecule has 94 valence electrons. The second-order valence-electron chi connectivity index (χ2n) is 4.35. The maximum absolute atomic E-state index is 12.2. The maximum atomic E-state index is 12.2. The van der Waals surface area contributed by atoms with E-state index in [9.17, 15) is 9.59 Å². The van der Waals surface area contributed by atoms with E-state index in [0.717, 1.165) is 19.3 Å². The van der Waals surface area contributed by atoms with Gasteiger partial charge >= 0.3 is 0 Å². The van der Waals surface area contributed by atoms with Crippen LogP contribution in [0.5, 0.6) is 0 Å². The summed E-state index contributed by atoms with van der Waals surface area (Å²) >= 11 is 0. The summed E-state index contributed by atoms with van der Waals surface area (Å²) in [5.74, 6) is 2.46. The van der Waals surface area contributed by atoms with E-state index in [1.165, 1.54) is 0 Å². The highest BCUT2D eigenvalue weighted by Crippen LogP contribution is 2.14. The summed E-state index contributed by atoms with van der Waals surface area (Å²) in [4.78, 5) is 25.3. The van der Waals surface area contributed by atoms with E-state index < -0.39 is 6.04 Å². The zero-order valence-corrected chi connectivity index (χ0v) is 10.5. The fourth-order valence-corrected chi connectivity index (χ4v) is 2.09. The number of carbonyl (C=O) groups is 2. The molecule has 0 bridgehead atoms. The van der Waals surface area contributed by atoms with Crippen molar-refractivity contribution in [1.82, 2.24) is 10.2 Å². The van der Waals surface area contributed by atoms with Gasteiger partial charge in [0.05, 0.1) is 6.04 Å². The lowest BCUT2D eigenvalue weighted by Crippen LogP contribution is -2.60. The largest absolute Gasteiger partial charge is 0.343 e. The van der Waals surface area contributed by atoms with Crippen LogP contribution in [0.4, 0.5) is 0 Å². The zero-order valence-electron chi connectivity index (χ0n) is 10.5. The molecule has 17 heavy (non-hydrogen) atoms. The Hall–Kier alpha value is -1.50. The molecular formula is C13H20N2O2. The molecular weight excluding hydrogens is 216 g/mol. The molecule has 0 aliphatic carbocycles. The SMILES string of the molecule is C#CC(CCC)N1CC(=O)NC(CCC)C1=O. The monoisotopic (exact) mass is 236 g/mol. The fraction of sp³-hybridized carbons (Fsp3) is 0.692. The van der Waals surface area contributed by atoms with Crippen LogP contribution in [0.25, 0.3) is 0 Å². The molecule has 1 aliphatic rings. The van der Waals surface area contributed by atoms with Crippen molar-refractivity contribution < 1.29 is 9.59 Å². The Kier molecular flexibility index (Phi) is 5.02. The topological polar surface area (TPSA) is 49.4 Å². The van der Waals surface area contributed by atoms with Crippen molar-refractivity contribution in [3.05, 3.63) is 0 Å². The van der Waals surface area contributed by atoms with Gasteiger partial charge in [0.25, 0.3) is 0 Å². The Labute approximate surface area is 103 Å². The summed E-state index contributed by atoms with van der Waals surface area (Å²) in [6, 6.07) is -0.646. The number of hydrogen-bond donors (Lipinski definition) is 1. The molecule has 0 aromatic carbocycles. The second-order valence-corrected chi connectivity index (χ2v) is 4.35. The Morgan fingerprint density at radius 3 is 2.71 bits per heavy atom. The first-order chi connectivity index (χ1) is 8.13. The van der Waals surface area contributed by atoms with Crippen molar-refractivity contribution in [2.24, 2.45) is 0 Å². The number of amides is 2. The first kappa shape index (κ1) is 13.6. The highest BCUT2D eigenvalue weighted by molar-refractivity contribution is 5.95. The molecule has 1 saturated heterocycles. The van der Waals surface area contributed by atoms with Gasteiger partial charge in [0.15, 0.2) is 0 Å². The van der Waals surface area contributed by atoms with Gasteiger partial charge in [-0.2, -0.15) is 0 Å². The first-order valence-electron chi connectivity index (χ1n) is 6.20. The molecule has 1 aliphatic heterocycles. The summed E-state index contributed by atoms with van der Waals surface area (Å²) in [6.07, 6.45) is 8.62. The third kappa shape index (κ3) is 3.23. The van der Waals surface area contributed by atoms with E-state index in [1.54, 1.807) is 4.90 Å². The molecule has 1 rings (SSSR count). The molecule has 4 nitrogen and oxygen atoms in total. The molecule has 0 spiro atoms. The predicted molar refractivity (Wildman–Crippen MR) is 66.1 cm³/mol. The number of nitrogens with one attached hydrogen (secondary N) is 1. The van der Waals surface area contributed by atoms with Crippen LogP contribution in [-0.2, 0) is 9.59 Å². The minimum Gasteiger partial charge on any atom is -0.343 e. The summed E-state index contributed by atoms with van der Waals surface area (Å²) in [5, 5.41) is 2.72. The number of rotatable bonds is 5. The maximum Gasteiger partial charge on any atom is 0.246 e. The van der Waals surface area contributed by atoms with Crippen molar-refractivity contribution in [3.8, 4) is 12.3 Å². The van der Waals surface area contributed by atoms with Crippen LogP contribution in [0.2, 0.25) is 0 Å². The normalized spacial score (nSPS) is 21.9. The highest BCUT2D eigenvalue weighted by Gasteiger charge is 2.34. The van der Waals surface area contributed by atoms with Gasteiger partial charge in [0.2, 0.25) is 11.8 Å². The molecule has 1 heterocycles. The van der Waals surface area contributed by atoms with Gasteiger partial charge in [-0.3, -0.25) is 9.59 Å². The Morgan fingerprint density at radius 2 is 2.18 bits per heavy atom. The average molecular weight is 236 g/mol. The van der Waals surface area contributed by atoms with Crippen LogP contribution in [0.1, 0.15) is 39.5 Å². The lowest BCUT2D eigenvalue weighted by molar-refractivity contribution is -0.145. The second kappa shape index (κ2) is 6.29. The molecule has 2 unspecified atom stereocenters. The zero-order chi connectivity index (χ0) is 12.8. The fourth-order valence-electron chi connectivity index (χ4n) is 2.09. The number of nitrogens with zero attached hydrogens (tertiary/aromatic N) is 1. The molecule has 0 saturated carbocycles. The minimum atomic E-state index is -0.394. The molecule has 0 radical (unpaired) electrons. The predicted octanol–water partition coefficient (Wildman–Crippen LogP) is 0.915. The number of carbonyl (C=O) groups excluding carboxylic acids is 2. The standard InChI is InChI=1S/C13H20N2O2/c1-4-7-10(6-3)15-9-12(16)14-11(8-5-2)13(15)17/h3,10-11H,4-5,7-9H2,1-2H3,(H,14,16). The molecule has 0 aromatic rings. The van der Waals surface area contributed by atoms with Gasteiger partial charge in [0.1, 0.15) is 12.6 Å². The van der Waals surface area contributed by atoms with Crippen LogP contribution in [0.3, 0.4) is 0 Å². The van der Waals surface area contributed by atoms with Crippen LogP contribution in [0.15, 0.2) is 0 Å². The summed E-state index contributed by atoms with van der Waals surface area (Å²) in [5.41, 5.74) is 0. The van der Waals surface area contributed by atoms with Gasteiger partial charge in [-0.25, -0.2) is 0 Å². The van der Waals surface area contributed by atoms with Crippen LogP contribution in [0, 0.1) is 12.3 Å². The lowest BCUT2D eigenvalue weighted by Gasteiger charge is -2.35. The molecule has 4 heteroatoms. The Bertz CT molecular complexity index is 333. The van der Waals surface area contributed by atoms with Gasteiger partial charge < -0.3 is 10.2 Å². The Balaban J connectivity index is 2.79. The molecule has 1 N–H and O–H groups in total. The quantitative estimate of drug-likeness (QED) is 0.721. The number of hydrogen-bond acceptors (Lipinski definition) is 2. The molecule has 2 atom stereocenters. The van der Waals surface area contributed by atoms with E-state index in [-0.39, 0.29) is 24.4 Å². The van der Waals surface area contributed by atoms with Gasteiger partial charge in [-0.1, -0.05) is 32.6 Å². The average Bonchev–Trinajstić information content (AvgIpc) is 2.31. The summed E-state index contributed by atoms with van der Waals surface area (Å²) in [6.45, 7) is 4.10. The highest BCUT2D eigenvalue weighted by atomic mass is 16.2. The van der Waals surface area contributed by atoms with Gasteiger partial charge in [-0.15, -0.1) is 6.42 Å². The summed E-state index contributed by atoms with van der Waals surface area (Å²) in [7, 11) is 0. The third-order valence-electron chi connectivity index (χ3n) is 2.94. The van der Waals surface area contributed by atoms with Gasteiger partial charge in [-0.05, 0) is 12.8 Å². The first-order valence-corrected chi connectivity index (χ1v) is 6.20. The molecule has 0 aromatic heterocycles. The molecule has 1 fully saturated rings. The van der Waals surface area contributed by atoms with E-state index in [1.807, 2.05) is 13.8 Å². The van der Waals surface area contributed by atoms with Crippen molar-refractivity contribution in [2.45, 2.75) is 51.6 Å². The Morgan fingerprint density at radius 1 is 1.47 bits per heavy atom. The van der Waals surface area contributed by atoms with E-state index in [0.29, 0.717) is 6.42 Å². The van der Waals surface area contributed by atoms with E-state index in [2.05, 4.69) is 11.2 Å². The van der Waals surface area contributed by atoms with Crippen LogP contribution in [-0.4, -0.2) is 35.3 Å². The smallest absolute Gasteiger partial charge is 0.246 e. The van der Waals surface area contributed by atoms with Gasteiger partial charge in [0, 0.05) is 0 Å². The van der Waals surface area contributed by atoms with Crippen molar-refractivity contribution in [3.63, 3.8) is 0 Å². The lowest BCUT2D eigenvalue weighted by atomic mass is 10.0. The third-order valence-corrected chi connectivity index (χ3v) is 2.94.